The first-order chi connectivity index (χ1) is 20.0. The van der Waals surface area contributed by atoms with E-state index in [4.69, 9.17) is 14.2 Å². The molecule has 1 aliphatic rings. The van der Waals surface area contributed by atoms with Gasteiger partial charge in [0.25, 0.3) is 0 Å². The van der Waals surface area contributed by atoms with E-state index in [0.717, 1.165) is 36.8 Å². The molecule has 9 heteroatoms. The van der Waals surface area contributed by atoms with Gasteiger partial charge in [-0.1, -0.05) is 39.8 Å². The van der Waals surface area contributed by atoms with Gasteiger partial charge in [0.1, 0.15) is 31.7 Å². The molecule has 9 nitrogen and oxygen atoms in total. The Balaban J connectivity index is 2.19. The number of amides is 2. The minimum atomic E-state index is -0.660. The number of carbonyl (C=O) groups excluding carboxylic acids is 2. The van der Waals surface area contributed by atoms with Crippen LogP contribution in [0.4, 0.5) is 0 Å². The third kappa shape index (κ3) is 12.2. The lowest BCUT2D eigenvalue weighted by molar-refractivity contribution is -0.149. The van der Waals surface area contributed by atoms with E-state index in [-0.39, 0.29) is 43.3 Å². The fourth-order valence-corrected chi connectivity index (χ4v) is 5.19. The van der Waals surface area contributed by atoms with Crippen LogP contribution >= 0.6 is 0 Å². The highest BCUT2D eigenvalue weighted by Crippen LogP contribution is 2.32. The lowest BCUT2D eigenvalue weighted by atomic mass is 9.87. The molecule has 0 aliphatic heterocycles. The van der Waals surface area contributed by atoms with Crippen LogP contribution in [0.2, 0.25) is 0 Å². The molecular weight excluding hydrogens is 534 g/mol. The van der Waals surface area contributed by atoms with E-state index < -0.39 is 12.2 Å². The summed E-state index contributed by atoms with van der Waals surface area (Å²) in [4.78, 5) is 29.7. The highest BCUT2D eigenvalue weighted by Gasteiger charge is 2.33. The normalized spacial score (nSPS) is 17.4. The Kier molecular flexibility index (Phi) is 15.8. The molecule has 0 fully saturated rings. The van der Waals surface area contributed by atoms with Crippen LogP contribution in [-0.2, 0) is 31.9 Å². The van der Waals surface area contributed by atoms with Crippen LogP contribution in [-0.4, -0.2) is 103 Å². The van der Waals surface area contributed by atoms with Gasteiger partial charge in [-0.25, -0.2) is 0 Å². The van der Waals surface area contributed by atoms with Crippen LogP contribution < -0.4 is 10.1 Å². The second-order valence-corrected chi connectivity index (χ2v) is 12.4. The van der Waals surface area contributed by atoms with E-state index in [1.165, 1.54) is 0 Å². The van der Waals surface area contributed by atoms with E-state index in [2.05, 4.69) is 53.8 Å². The molecule has 2 N–H and O–H groups in total. The highest BCUT2D eigenvalue weighted by atomic mass is 16.5. The number of nitrogens with zero attached hydrogens (tertiary/aromatic N) is 2. The predicted molar refractivity (Wildman–Crippen MR) is 167 cm³/mol. The Morgan fingerprint density at radius 2 is 1.38 bits per heavy atom. The Labute approximate surface area is 254 Å². The number of ether oxygens (including phenoxy) is 3. The van der Waals surface area contributed by atoms with Gasteiger partial charge in [-0.3, -0.25) is 9.59 Å². The van der Waals surface area contributed by atoms with Crippen LogP contribution in [0.15, 0.2) is 18.2 Å². The average Bonchev–Trinajstić information content (AvgIpc) is 2.95. The summed E-state index contributed by atoms with van der Waals surface area (Å²) in [5, 5.41) is 13.8. The van der Waals surface area contributed by atoms with Crippen LogP contribution in [0.25, 0.3) is 0 Å². The third-order valence-electron chi connectivity index (χ3n) is 7.29. The molecule has 42 heavy (non-hydrogen) atoms. The minimum Gasteiger partial charge on any atom is -0.491 e. The average molecular weight is 592 g/mol. The van der Waals surface area contributed by atoms with Gasteiger partial charge < -0.3 is 34.4 Å². The van der Waals surface area contributed by atoms with Gasteiger partial charge >= 0.3 is 0 Å². The van der Waals surface area contributed by atoms with Gasteiger partial charge in [-0.15, -0.1) is 0 Å². The van der Waals surface area contributed by atoms with Gasteiger partial charge in [0.2, 0.25) is 11.8 Å². The third-order valence-corrected chi connectivity index (χ3v) is 7.29. The summed E-state index contributed by atoms with van der Waals surface area (Å²) < 4.78 is 18.6. The van der Waals surface area contributed by atoms with Crippen molar-refractivity contribution in [1.82, 2.24) is 15.1 Å². The van der Waals surface area contributed by atoms with E-state index in [9.17, 15) is 14.7 Å². The van der Waals surface area contributed by atoms with Crippen molar-refractivity contribution in [3.63, 3.8) is 0 Å². The molecule has 0 heterocycles. The first-order valence-electron chi connectivity index (χ1n) is 16.0. The Bertz CT molecular complexity index is 938. The second kappa shape index (κ2) is 18.5. The summed E-state index contributed by atoms with van der Waals surface area (Å²) >= 11 is 0. The number of carbonyl (C=O) groups is 2. The molecule has 3 unspecified atom stereocenters. The molecule has 0 spiro atoms. The van der Waals surface area contributed by atoms with Crippen molar-refractivity contribution in [2.24, 2.45) is 0 Å². The fraction of sp³-hybridized carbons (Fsp3) is 0.758. The van der Waals surface area contributed by atoms with Gasteiger partial charge in [-0.2, -0.15) is 0 Å². The quantitative estimate of drug-likeness (QED) is 0.251. The molecular formula is C33H57N3O6. The zero-order valence-corrected chi connectivity index (χ0v) is 27.2. The highest BCUT2D eigenvalue weighted by molar-refractivity contribution is 5.78. The number of benzene rings is 1. The maximum atomic E-state index is 13.0. The molecule has 0 aromatic heterocycles. The number of nitrogens with one attached hydrogen (secondary N) is 1. The number of rotatable bonds is 19. The van der Waals surface area contributed by atoms with Crippen molar-refractivity contribution in [1.29, 1.82) is 0 Å². The van der Waals surface area contributed by atoms with E-state index in [1.54, 1.807) is 0 Å². The molecule has 3 atom stereocenters. The topological polar surface area (TPSA) is 101 Å². The lowest BCUT2D eigenvalue weighted by Crippen LogP contribution is -2.44. The Morgan fingerprint density at radius 3 is 1.86 bits per heavy atom. The molecule has 0 saturated carbocycles. The van der Waals surface area contributed by atoms with Gasteiger partial charge in [0, 0.05) is 56.7 Å². The molecule has 2 rings (SSSR count). The van der Waals surface area contributed by atoms with Crippen LogP contribution in [0.5, 0.6) is 5.75 Å². The molecule has 1 aromatic carbocycles. The van der Waals surface area contributed by atoms with Crippen LogP contribution in [0.3, 0.4) is 0 Å². The molecule has 0 bridgehead atoms. The van der Waals surface area contributed by atoms with Crippen molar-refractivity contribution in [2.45, 2.75) is 111 Å². The second-order valence-electron chi connectivity index (χ2n) is 12.4. The van der Waals surface area contributed by atoms with Gasteiger partial charge in [-0.05, 0) is 58.1 Å². The van der Waals surface area contributed by atoms with Gasteiger partial charge in [0.05, 0.1) is 12.2 Å². The number of hydrogen-bond acceptors (Lipinski definition) is 7. The zero-order valence-electron chi connectivity index (χ0n) is 27.2. The summed E-state index contributed by atoms with van der Waals surface area (Å²) in [7, 11) is 0. The maximum Gasteiger partial charge on any atom is 0.248 e. The predicted octanol–water partition coefficient (Wildman–Crippen LogP) is 3.98. The molecule has 2 amide bonds. The van der Waals surface area contributed by atoms with Crippen LogP contribution in [0, 0.1) is 0 Å². The van der Waals surface area contributed by atoms with Crippen molar-refractivity contribution in [3.05, 3.63) is 29.3 Å². The van der Waals surface area contributed by atoms with Crippen molar-refractivity contribution >= 4 is 11.8 Å². The van der Waals surface area contributed by atoms with E-state index >= 15 is 0 Å². The minimum absolute atomic E-state index is 0.0191. The largest absolute Gasteiger partial charge is 0.491 e. The molecule has 0 radical (unpaired) electrons. The smallest absolute Gasteiger partial charge is 0.248 e. The first-order valence-corrected chi connectivity index (χ1v) is 16.0. The SMILES string of the molecule is CCCN(CCC)C(=O)COC1Cc2cccc(OCC(O)CNC(C)(C)C)c2CC1OCC(=O)N(CCC)CCC. The number of hydrogen-bond donors (Lipinski definition) is 2. The monoisotopic (exact) mass is 591 g/mol. The van der Waals surface area contributed by atoms with Crippen molar-refractivity contribution in [3.8, 4) is 5.75 Å². The number of aliphatic hydroxyl groups is 1. The molecule has 240 valence electrons. The van der Waals surface area contributed by atoms with Crippen molar-refractivity contribution in [2.75, 3.05) is 52.5 Å². The fourth-order valence-electron chi connectivity index (χ4n) is 5.19. The van der Waals surface area contributed by atoms with E-state index in [0.29, 0.717) is 51.3 Å². The molecule has 1 aromatic rings. The van der Waals surface area contributed by atoms with Crippen LogP contribution in [0.1, 0.15) is 85.3 Å². The Morgan fingerprint density at radius 1 is 0.881 bits per heavy atom. The van der Waals surface area contributed by atoms with Crippen molar-refractivity contribution < 1.29 is 28.9 Å². The summed E-state index contributed by atoms with van der Waals surface area (Å²) in [6.45, 7) is 17.8. The summed E-state index contributed by atoms with van der Waals surface area (Å²) in [5.41, 5.74) is 1.96. The lowest BCUT2D eigenvalue weighted by Gasteiger charge is -2.34. The Hall–Kier alpha value is -2.20. The summed E-state index contributed by atoms with van der Waals surface area (Å²) in [5.74, 6) is 0.647. The maximum absolute atomic E-state index is 13.0. The number of fused-ring (bicyclic) bond motifs is 1. The number of aliphatic hydroxyl groups excluding tert-OH is 1. The standard InChI is InChI=1S/C33H57N3O6/c1-8-15-35(16-9-2)31(38)23-41-29-19-25-13-12-14-28(40-22-26(37)21-34-33(5,6)7)27(25)20-30(29)42-24-32(39)36(17-10-3)18-11-4/h12-14,26,29-30,34,37H,8-11,15-24H2,1-7H3. The first kappa shape index (κ1) is 36.0. The summed E-state index contributed by atoms with van der Waals surface area (Å²) in [6.07, 6.45) is 3.15. The molecule has 1 aliphatic carbocycles. The number of β-amino-alcohol motifs (C(OH)–C–C–N with tert-alkyl or cyclic N) is 1. The summed E-state index contributed by atoms with van der Waals surface area (Å²) in [6, 6.07) is 5.90. The molecule has 0 saturated heterocycles. The van der Waals surface area contributed by atoms with E-state index in [1.807, 2.05) is 28.0 Å². The zero-order chi connectivity index (χ0) is 31.1. The van der Waals surface area contributed by atoms with Gasteiger partial charge in [0.15, 0.2) is 0 Å².